The number of methoxy groups -OCH3 is 5. The molecule has 23 nitrogen and oxygen atoms in total. The van der Waals surface area contributed by atoms with Crippen LogP contribution in [0.25, 0.3) is 21.8 Å². The molecule has 2 aliphatic carbocycles. The molecule has 13 rings (SSSR count). The lowest BCUT2D eigenvalue weighted by molar-refractivity contribution is -0.155. The van der Waals surface area contributed by atoms with Gasteiger partial charge in [0.25, 0.3) is 11.8 Å². The summed E-state index contributed by atoms with van der Waals surface area (Å²) in [6, 6.07) is 38.8. The van der Waals surface area contributed by atoms with Crippen LogP contribution in [0.2, 0.25) is 10.0 Å². The standard InChI is InChI=1S/C53H50ClN3O13.C41H48ClN3O4/c1-28-35(36-20-34(63-2)14-15-40(36)57(28)52(61)31-10-12-33(54)13-11-31)23-46(59)56-25-30-8-6-29(7-9-30)24-55-45(58)16-17-47(60)70-50-38-22-42-41(68-27-69-42)21-37(38)48(49-39(50)26-67-53(49)62)32-18-43(64-3)51(66-5)44(19-32)65-4;1-27(13-19-36-29(3)12-9-21-41(36,5)6)10-8-11-28(2)24-38(46)43-22-23-44-39(47)26-34-30(4)45(37-20-18-33(49-7)25-35(34)37)40(48)31-14-16-32(42)17-15-31/h6-15,18-22,39,48-50H,16-17,23-27H2,1-5H3,(H,55,58)(H,56,59);8,10-11,13-20,24-25H,9,12,21-23,26H2,1-7H3,(H,43,46)(H,44,47)/b;11-8+,19-13+,27-10-,28-24+/t39?,48-,49+,50+;/m0./s1. The summed E-state index contributed by atoms with van der Waals surface area (Å²) >= 11 is 12.1. The Labute approximate surface area is 701 Å². The molecule has 1 saturated heterocycles. The first-order valence-electron chi connectivity index (χ1n) is 39.3. The fourth-order valence-corrected chi connectivity index (χ4v) is 16.2. The third-order valence-electron chi connectivity index (χ3n) is 22.2. The molecule has 0 spiro atoms. The van der Waals surface area contributed by atoms with E-state index in [2.05, 4.69) is 61.1 Å². The zero-order valence-corrected chi connectivity index (χ0v) is 70.3. The van der Waals surface area contributed by atoms with E-state index in [9.17, 15) is 38.4 Å². The lowest BCUT2D eigenvalue weighted by Gasteiger charge is -2.38. The molecule has 0 radical (unpaired) electrons. The minimum atomic E-state index is -0.885. The van der Waals surface area contributed by atoms with Crippen LogP contribution >= 0.6 is 23.2 Å². The third-order valence-corrected chi connectivity index (χ3v) is 22.7. The number of esters is 2. The van der Waals surface area contributed by atoms with E-state index >= 15 is 0 Å². The largest absolute Gasteiger partial charge is 0.497 e. The number of carbonyl (C=O) groups is 8. The number of cyclic esters (lactones) is 1. The summed E-state index contributed by atoms with van der Waals surface area (Å²) in [6.07, 6.45) is 14.3. The van der Waals surface area contributed by atoms with Crippen LogP contribution < -0.4 is 54.4 Å². The number of ether oxygens (including phenoxy) is 9. The van der Waals surface area contributed by atoms with E-state index in [4.69, 9.17) is 65.8 Å². The highest BCUT2D eigenvalue weighted by atomic mass is 35.5. The molecule has 2 aliphatic heterocycles. The predicted molar refractivity (Wildman–Crippen MR) is 455 cm³/mol. The summed E-state index contributed by atoms with van der Waals surface area (Å²) in [5.74, 6) is -1.02. The number of nitrogens with one attached hydrogen (secondary N) is 4. The molecule has 0 bridgehead atoms. The maximum Gasteiger partial charge on any atom is 0.310 e. The number of hydrogen-bond acceptors (Lipinski definition) is 17. The maximum atomic E-state index is 13.7. The molecule has 4 N–H and O–H groups in total. The number of fused-ring (bicyclic) bond motifs is 5. The van der Waals surface area contributed by atoms with Crippen molar-refractivity contribution in [1.29, 1.82) is 0 Å². The second kappa shape index (κ2) is 38.4. The highest BCUT2D eigenvalue weighted by Crippen LogP contribution is 2.57. The average Bonchev–Trinajstić information content (AvgIpc) is 1.64. The monoisotopic (exact) mass is 1650 g/mol. The zero-order chi connectivity index (χ0) is 84.9. The number of nitrogens with zero attached hydrogens (tertiary/aromatic N) is 2. The minimum Gasteiger partial charge on any atom is -0.497 e. The highest BCUT2D eigenvalue weighted by molar-refractivity contribution is 6.31. The highest BCUT2D eigenvalue weighted by Gasteiger charge is 2.54. The van der Waals surface area contributed by atoms with E-state index in [1.165, 1.54) is 51.7 Å². The molecular formula is C94H98Cl2N6O17. The van der Waals surface area contributed by atoms with Crippen LogP contribution in [0.1, 0.15) is 150 Å². The van der Waals surface area contributed by atoms with Gasteiger partial charge in [-0.2, -0.15) is 0 Å². The summed E-state index contributed by atoms with van der Waals surface area (Å²) < 4.78 is 54.2. The number of benzene rings is 7. The minimum absolute atomic E-state index is 0.00793. The second-order valence-electron chi connectivity index (χ2n) is 30.5. The molecule has 4 heterocycles. The smallest absolute Gasteiger partial charge is 0.310 e. The molecule has 4 amide bonds. The van der Waals surface area contributed by atoms with Gasteiger partial charge in [-0.3, -0.25) is 47.5 Å². The van der Waals surface area contributed by atoms with Gasteiger partial charge in [0.1, 0.15) is 17.6 Å². The molecule has 620 valence electrons. The number of amides is 4. The van der Waals surface area contributed by atoms with E-state index in [0.29, 0.717) is 106 Å². The van der Waals surface area contributed by atoms with Gasteiger partial charge < -0.3 is 63.9 Å². The van der Waals surface area contributed by atoms with Crippen molar-refractivity contribution in [1.82, 2.24) is 30.4 Å². The van der Waals surface area contributed by atoms with E-state index in [1.807, 2.05) is 87.5 Å². The van der Waals surface area contributed by atoms with Crippen molar-refractivity contribution in [3.8, 4) is 40.2 Å². The van der Waals surface area contributed by atoms with Crippen molar-refractivity contribution in [2.24, 2.45) is 17.3 Å². The SMILES string of the molecule is COc1ccc2c(c1)c(CC(=O)NCCNC(=O)/C=C(C)/C=C/C=C(C)\C=C\C1=C(C)CCCC1(C)C)c(C)n2C(=O)c1ccc(Cl)cc1.COc1ccc2c(c1)c(CC(=O)NCc1ccc(CNC(=O)CCC(=O)O[C@@H]3c4cc5c(cc4[C@H](c4cc(OC)c(OC)c(OC)c4)[C@@H]4C(=O)OCC34)OCO5)cc1)c(C)n2C(=O)c1ccc(Cl)cc1. The molecule has 4 aliphatic rings. The number of hydrogen-bond donors (Lipinski definition) is 4. The van der Waals surface area contributed by atoms with Gasteiger partial charge in [-0.15, -0.1) is 0 Å². The Bertz CT molecular complexity index is 5530. The fraction of sp³-hybridized carbons (Fsp3) is 0.319. The predicted octanol–water partition coefficient (Wildman–Crippen LogP) is 16.1. The second-order valence-corrected chi connectivity index (χ2v) is 31.4. The number of halogens is 2. The Morgan fingerprint density at radius 1 is 0.580 bits per heavy atom. The maximum absolute atomic E-state index is 13.7. The van der Waals surface area contributed by atoms with Crippen molar-refractivity contribution in [2.75, 3.05) is 62.0 Å². The van der Waals surface area contributed by atoms with Gasteiger partial charge in [0, 0.05) is 99.4 Å². The number of carbonyl (C=O) groups excluding carboxylic acids is 8. The Morgan fingerprint density at radius 2 is 1.11 bits per heavy atom. The summed E-state index contributed by atoms with van der Waals surface area (Å²) in [7, 11) is 7.67. The van der Waals surface area contributed by atoms with Crippen molar-refractivity contribution >= 4 is 92.4 Å². The quantitative estimate of drug-likeness (QED) is 0.0153. The van der Waals surface area contributed by atoms with E-state index < -0.39 is 35.8 Å². The van der Waals surface area contributed by atoms with Crippen LogP contribution in [-0.2, 0) is 64.2 Å². The van der Waals surface area contributed by atoms with Gasteiger partial charge in [0.05, 0.1) is 78.4 Å². The van der Waals surface area contributed by atoms with Crippen molar-refractivity contribution in [2.45, 2.75) is 119 Å². The van der Waals surface area contributed by atoms with Crippen LogP contribution in [0.15, 0.2) is 192 Å². The number of rotatable bonds is 28. The summed E-state index contributed by atoms with van der Waals surface area (Å²) in [5, 5.41) is 14.1. The van der Waals surface area contributed by atoms with Crippen LogP contribution in [0.5, 0.6) is 40.2 Å². The third kappa shape index (κ3) is 19.9. The van der Waals surface area contributed by atoms with Crippen molar-refractivity contribution in [3.05, 3.63) is 264 Å². The Morgan fingerprint density at radius 3 is 1.64 bits per heavy atom. The normalized spacial score (nSPS) is 16.6. The molecular weight excluding hydrogens is 1560 g/mol. The first kappa shape index (κ1) is 86.0. The molecule has 1 fully saturated rings. The zero-order valence-electron chi connectivity index (χ0n) is 68.8. The summed E-state index contributed by atoms with van der Waals surface area (Å²) in [6.45, 7) is 15.5. The van der Waals surface area contributed by atoms with Crippen LogP contribution in [0.3, 0.4) is 0 Å². The van der Waals surface area contributed by atoms with E-state index in [-0.39, 0.29) is 106 Å². The van der Waals surface area contributed by atoms with Gasteiger partial charge in [0.2, 0.25) is 36.2 Å². The Hall–Kier alpha value is -12.3. The topological polar surface area (TPSA) is 278 Å². The summed E-state index contributed by atoms with van der Waals surface area (Å²) in [5.41, 5.74) is 13.8. The van der Waals surface area contributed by atoms with Gasteiger partial charge in [0.15, 0.2) is 23.0 Å². The molecule has 0 saturated carbocycles. The molecule has 1 unspecified atom stereocenters. The molecule has 2 aromatic heterocycles. The molecule has 4 atom stereocenters. The summed E-state index contributed by atoms with van der Waals surface area (Å²) in [4.78, 5) is 106. The number of allylic oxidation sites excluding steroid dienone is 9. The first-order valence-corrected chi connectivity index (χ1v) is 40.1. The molecule has 25 heteroatoms. The van der Waals surface area contributed by atoms with Crippen LogP contribution in [0.4, 0.5) is 0 Å². The lowest BCUT2D eigenvalue weighted by Crippen LogP contribution is -2.36. The molecule has 119 heavy (non-hydrogen) atoms. The van der Waals surface area contributed by atoms with Gasteiger partial charge in [-0.25, -0.2) is 0 Å². The number of aromatic nitrogens is 2. The Balaban J connectivity index is 0.000000233. The fourth-order valence-electron chi connectivity index (χ4n) is 16.0. The molecule has 9 aromatic rings. The lowest BCUT2D eigenvalue weighted by atomic mass is 9.66. The van der Waals surface area contributed by atoms with E-state index in [0.717, 1.165) is 38.6 Å². The van der Waals surface area contributed by atoms with Gasteiger partial charge >= 0.3 is 11.9 Å². The Kier molecular flexibility index (Phi) is 27.7. The van der Waals surface area contributed by atoms with Crippen LogP contribution in [-0.4, -0.2) is 119 Å². The van der Waals surface area contributed by atoms with Crippen molar-refractivity contribution in [3.63, 3.8) is 0 Å². The van der Waals surface area contributed by atoms with E-state index in [1.54, 1.807) is 114 Å². The van der Waals surface area contributed by atoms with Crippen LogP contribution in [0, 0.1) is 31.1 Å². The molecule has 7 aromatic carbocycles. The first-order chi connectivity index (χ1) is 57.2. The van der Waals surface area contributed by atoms with Crippen molar-refractivity contribution < 1.29 is 81.0 Å². The van der Waals surface area contributed by atoms with Gasteiger partial charge in [-0.1, -0.05) is 103 Å². The van der Waals surface area contributed by atoms with Gasteiger partial charge in [-0.05, 0) is 213 Å². The average molecular weight is 1650 g/mol.